The third-order valence-corrected chi connectivity index (χ3v) is 3.20. The predicted molar refractivity (Wildman–Crippen MR) is 73.7 cm³/mol. The largest absolute Gasteiger partial charge is 0.344 e. The number of nitrogens with one attached hydrogen (secondary N) is 1. The van der Waals surface area contributed by atoms with Crippen molar-refractivity contribution in [2.24, 2.45) is 14.1 Å². The number of hydrogen-bond donors (Lipinski definition) is 1. The van der Waals surface area contributed by atoms with Gasteiger partial charge < -0.3 is 5.32 Å². The fourth-order valence-corrected chi connectivity index (χ4v) is 2.21. The Morgan fingerprint density at radius 3 is 2.67 bits per heavy atom. The van der Waals surface area contributed by atoms with Gasteiger partial charge in [0, 0.05) is 25.9 Å². The Morgan fingerprint density at radius 1 is 1.48 bits per heavy atom. The van der Waals surface area contributed by atoms with Gasteiger partial charge in [-0.25, -0.2) is 0 Å². The van der Waals surface area contributed by atoms with Crippen molar-refractivity contribution in [2.75, 3.05) is 0 Å². The van der Waals surface area contributed by atoms with Gasteiger partial charge >= 0.3 is 5.69 Å². The van der Waals surface area contributed by atoms with Crippen LogP contribution in [0.5, 0.6) is 0 Å². The molecule has 21 heavy (non-hydrogen) atoms. The molecule has 0 spiro atoms. The van der Waals surface area contributed by atoms with Gasteiger partial charge in [-0.15, -0.1) is 0 Å². The molecule has 0 saturated carbocycles. The number of rotatable bonds is 4. The number of nitro groups is 1. The van der Waals surface area contributed by atoms with E-state index >= 15 is 0 Å². The highest BCUT2D eigenvalue weighted by Crippen LogP contribution is 2.20. The van der Waals surface area contributed by atoms with E-state index in [1.165, 1.54) is 11.7 Å². The molecule has 2 aromatic heterocycles. The van der Waals surface area contributed by atoms with E-state index in [1.54, 1.807) is 24.9 Å². The zero-order valence-corrected chi connectivity index (χ0v) is 12.2. The first-order valence-electron chi connectivity index (χ1n) is 6.28. The van der Waals surface area contributed by atoms with E-state index in [4.69, 9.17) is 0 Å². The van der Waals surface area contributed by atoms with Crippen molar-refractivity contribution in [3.8, 4) is 0 Å². The molecule has 1 atom stereocenters. The molecule has 112 valence electrons. The number of carbonyl (C=O) groups excluding carboxylic acids is 1. The standard InChI is InChI=1S/C12H16N6O3/c1-7(9-6-16(3)15-8(9)2)14-12(19)11-10(18(20)21)5-13-17(11)4/h5-7H,1-4H3,(H,14,19)/t7-/m0/s1. The molecule has 2 aromatic rings. The lowest BCUT2D eigenvalue weighted by atomic mass is 10.1. The van der Waals surface area contributed by atoms with Crippen LogP contribution in [0.1, 0.15) is 34.7 Å². The maximum absolute atomic E-state index is 12.3. The second-order valence-electron chi connectivity index (χ2n) is 4.80. The molecule has 0 bridgehead atoms. The molecule has 2 heterocycles. The molecule has 0 aliphatic heterocycles. The third kappa shape index (κ3) is 2.76. The van der Waals surface area contributed by atoms with Gasteiger partial charge in [-0.3, -0.25) is 24.3 Å². The van der Waals surface area contributed by atoms with E-state index in [9.17, 15) is 14.9 Å². The number of amides is 1. The van der Waals surface area contributed by atoms with Crippen molar-refractivity contribution in [1.82, 2.24) is 24.9 Å². The van der Waals surface area contributed by atoms with Crippen LogP contribution in [-0.4, -0.2) is 30.4 Å². The molecule has 0 radical (unpaired) electrons. The van der Waals surface area contributed by atoms with Gasteiger partial charge in [0.15, 0.2) is 0 Å². The minimum atomic E-state index is -0.623. The molecular formula is C12H16N6O3. The van der Waals surface area contributed by atoms with Gasteiger partial charge in [0.2, 0.25) is 5.69 Å². The molecule has 0 saturated heterocycles. The molecule has 9 nitrogen and oxygen atoms in total. The van der Waals surface area contributed by atoms with Crippen LogP contribution in [0.4, 0.5) is 5.69 Å². The summed E-state index contributed by atoms with van der Waals surface area (Å²) in [7, 11) is 3.28. The summed E-state index contributed by atoms with van der Waals surface area (Å²) in [4.78, 5) is 22.5. The smallest absolute Gasteiger partial charge is 0.320 e. The Labute approximate surface area is 120 Å². The van der Waals surface area contributed by atoms with Crippen LogP contribution in [0.15, 0.2) is 12.4 Å². The normalized spacial score (nSPS) is 12.2. The molecule has 0 aliphatic rings. The molecule has 0 fully saturated rings. The van der Waals surface area contributed by atoms with Crippen molar-refractivity contribution < 1.29 is 9.72 Å². The number of carbonyl (C=O) groups is 1. The molecule has 9 heteroatoms. The lowest BCUT2D eigenvalue weighted by molar-refractivity contribution is -0.385. The van der Waals surface area contributed by atoms with Crippen molar-refractivity contribution >= 4 is 11.6 Å². The summed E-state index contributed by atoms with van der Waals surface area (Å²) in [5.74, 6) is -0.544. The molecule has 0 aromatic carbocycles. The fourth-order valence-electron chi connectivity index (χ4n) is 2.21. The van der Waals surface area contributed by atoms with Crippen LogP contribution in [0.25, 0.3) is 0 Å². The van der Waals surface area contributed by atoms with Crippen LogP contribution >= 0.6 is 0 Å². The first-order valence-corrected chi connectivity index (χ1v) is 6.28. The molecular weight excluding hydrogens is 276 g/mol. The zero-order valence-electron chi connectivity index (χ0n) is 12.2. The van der Waals surface area contributed by atoms with Crippen LogP contribution < -0.4 is 5.32 Å². The highest BCUT2D eigenvalue weighted by molar-refractivity contribution is 5.96. The van der Waals surface area contributed by atoms with Crippen LogP contribution in [0.2, 0.25) is 0 Å². The Kier molecular flexibility index (Phi) is 3.74. The molecule has 2 rings (SSSR count). The minimum absolute atomic E-state index is 0.0756. The van der Waals surface area contributed by atoms with Gasteiger partial charge in [0.25, 0.3) is 5.91 Å². The lowest BCUT2D eigenvalue weighted by Gasteiger charge is -2.13. The van der Waals surface area contributed by atoms with E-state index in [1.807, 2.05) is 6.92 Å². The predicted octanol–water partition coefficient (Wildman–Crippen LogP) is 0.861. The summed E-state index contributed by atoms with van der Waals surface area (Å²) in [5.41, 5.74) is 1.26. The minimum Gasteiger partial charge on any atom is -0.344 e. The van der Waals surface area contributed by atoms with Gasteiger partial charge in [-0.2, -0.15) is 10.2 Å². The Hall–Kier alpha value is -2.71. The third-order valence-electron chi connectivity index (χ3n) is 3.20. The van der Waals surface area contributed by atoms with E-state index in [0.29, 0.717) is 0 Å². The highest BCUT2D eigenvalue weighted by Gasteiger charge is 2.27. The molecule has 0 unspecified atom stereocenters. The van der Waals surface area contributed by atoms with Crippen molar-refractivity contribution in [1.29, 1.82) is 0 Å². The van der Waals surface area contributed by atoms with Crippen molar-refractivity contribution in [3.05, 3.63) is 39.5 Å². The second kappa shape index (κ2) is 5.35. The van der Waals surface area contributed by atoms with Crippen molar-refractivity contribution in [3.63, 3.8) is 0 Å². The van der Waals surface area contributed by atoms with E-state index in [2.05, 4.69) is 15.5 Å². The molecule has 1 N–H and O–H groups in total. The Bertz CT molecular complexity index is 702. The summed E-state index contributed by atoms with van der Waals surface area (Å²) in [6.07, 6.45) is 2.87. The summed E-state index contributed by atoms with van der Waals surface area (Å²) < 4.78 is 2.84. The van der Waals surface area contributed by atoms with E-state index in [0.717, 1.165) is 17.5 Å². The van der Waals surface area contributed by atoms with E-state index in [-0.39, 0.29) is 17.4 Å². The zero-order chi connectivity index (χ0) is 15.7. The Balaban J connectivity index is 2.24. The van der Waals surface area contributed by atoms with Gasteiger partial charge in [0.1, 0.15) is 6.20 Å². The Morgan fingerprint density at radius 2 is 2.14 bits per heavy atom. The molecule has 0 aliphatic carbocycles. The van der Waals surface area contributed by atoms with Gasteiger partial charge in [0.05, 0.1) is 16.7 Å². The first-order chi connectivity index (χ1) is 9.81. The average molecular weight is 292 g/mol. The lowest BCUT2D eigenvalue weighted by Crippen LogP contribution is -2.29. The number of hydrogen-bond acceptors (Lipinski definition) is 5. The quantitative estimate of drug-likeness (QED) is 0.664. The topological polar surface area (TPSA) is 108 Å². The van der Waals surface area contributed by atoms with Gasteiger partial charge in [-0.1, -0.05) is 0 Å². The average Bonchev–Trinajstić information content (AvgIpc) is 2.92. The first kappa shape index (κ1) is 14.7. The summed E-state index contributed by atoms with van der Waals surface area (Å²) in [5, 5.41) is 21.6. The number of nitrogens with zero attached hydrogens (tertiary/aromatic N) is 5. The van der Waals surface area contributed by atoms with E-state index < -0.39 is 10.8 Å². The summed E-state index contributed by atoms with van der Waals surface area (Å²) >= 11 is 0. The maximum Gasteiger partial charge on any atom is 0.320 e. The monoisotopic (exact) mass is 292 g/mol. The fraction of sp³-hybridized carbons (Fsp3) is 0.417. The van der Waals surface area contributed by atoms with Crippen LogP contribution in [-0.2, 0) is 14.1 Å². The second-order valence-corrected chi connectivity index (χ2v) is 4.80. The van der Waals surface area contributed by atoms with Crippen LogP contribution in [0.3, 0.4) is 0 Å². The summed E-state index contributed by atoms with van der Waals surface area (Å²) in [6.45, 7) is 3.63. The highest BCUT2D eigenvalue weighted by atomic mass is 16.6. The molecule has 1 amide bonds. The number of aryl methyl sites for hydroxylation is 3. The summed E-state index contributed by atoms with van der Waals surface area (Å²) in [6, 6.07) is -0.319. The van der Waals surface area contributed by atoms with Gasteiger partial charge in [-0.05, 0) is 13.8 Å². The SMILES string of the molecule is Cc1nn(C)cc1[C@H](C)NC(=O)c1c([N+](=O)[O-])cnn1C. The number of aromatic nitrogens is 4. The van der Waals surface area contributed by atoms with Crippen molar-refractivity contribution in [2.45, 2.75) is 19.9 Å². The maximum atomic E-state index is 12.3. The van der Waals surface area contributed by atoms with Crippen LogP contribution in [0, 0.1) is 17.0 Å².